The van der Waals surface area contributed by atoms with Crippen molar-refractivity contribution in [1.29, 1.82) is 0 Å². The first-order chi connectivity index (χ1) is 32.9. The van der Waals surface area contributed by atoms with E-state index >= 15 is 0 Å². The van der Waals surface area contributed by atoms with E-state index in [2.05, 4.69) is 27.7 Å². The van der Waals surface area contributed by atoms with Crippen LogP contribution in [0.5, 0.6) is 0 Å². The largest absolute Gasteiger partial charge is 0.462 e. The smallest absolute Gasteiger partial charge is 0.306 e. The van der Waals surface area contributed by atoms with Gasteiger partial charge >= 0.3 is 17.9 Å². The number of hydrogen-bond acceptors (Lipinski definition) is 6. The van der Waals surface area contributed by atoms with Crippen LogP contribution in [0.4, 0.5) is 0 Å². The Morgan fingerprint density at radius 3 is 0.731 bits per heavy atom. The van der Waals surface area contributed by atoms with Crippen molar-refractivity contribution in [2.75, 3.05) is 13.2 Å². The fraction of sp³-hybridized carbons (Fsp3) is 0.951. The molecule has 0 aromatic rings. The van der Waals surface area contributed by atoms with Crippen LogP contribution in [0.25, 0.3) is 0 Å². The van der Waals surface area contributed by atoms with E-state index in [9.17, 15) is 14.4 Å². The van der Waals surface area contributed by atoms with E-state index in [0.717, 1.165) is 63.7 Å². The molecule has 0 bridgehead atoms. The van der Waals surface area contributed by atoms with Gasteiger partial charge in [0.1, 0.15) is 13.2 Å². The van der Waals surface area contributed by atoms with Crippen molar-refractivity contribution in [1.82, 2.24) is 0 Å². The second-order valence-electron chi connectivity index (χ2n) is 21.5. The summed E-state index contributed by atoms with van der Waals surface area (Å²) in [4.78, 5) is 38.2. The maximum Gasteiger partial charge on any atom is 0.306 e. The Bertz CT molecular complexity index is 1010. The molecule has 0 amide bonds. The lowest BCUT2D eigenvalue weighted by molar-refractivity contribution is -0.167. The molecule has 0 fully saturated rings. The zero-order valence-electron chi connectivity index (χ0n) is 45.9. The minimum Gasteiger partial charge on any atom is -0.462 e. The highest BCUT2D eigenvalue weighted by atomic mass is 16.6. The lowest BCUT2D eigenvalue weighted by Gasteiger charge is -2.18. The number of hydrogen-bond donors (Lipinski definition) is 0. The van der Waals surface area contributed by atoms with Crippen LogP contribution < -0.4 is 0 Å². The molecule has 0 saturated heterocycles. The molecule has 0 unspecified atom stereocenters. The SMILES string of the molecule is CCCCCCCCCCCCCCCCCCCCC(=O)OC[C@H](COC(=O)CCCCCCCCCCCCCCC)OC(=O)CCCCCCCCCCCCCCCCCC(C)C. The normalized spacial score (nSPS) is 12.0. The van der Waals surface area contributed by atoms with Gasteiger partial charge in [0.05, 0.1) is 0 Å². The van der Waals surface area contributed by atoms with Crippen molar-refractivity contribution in [3.05, 3.63) is 0 Å². The van der Waals surface area contributed by atoms with E-state index in [1.807, 2.05) is 0 Å². The van der Waals surface area contributed by atoms with Crippen molar-refractivity contribution in [3.63, 3.8) is 0 Å². The molecule has 0 aromatic heterocycles. The molecule has 0 N–H and O–H groups in total. The maximum absolute atomic E-state index is 12.9. The molecule has 6 nitrogen and oxygen atoms in total. The van der Waals surface area contributed by atoms with Crippen molar-refractivity contribution in [2.45, 2.75) is 355 Å². The van der Waals surface area contributed by atoms with Gasteiger partial charge in [0, 0.05) is 19.3 Å². The van der Waals surface area contributed by atoms with Gasteiger partial charge in [-0.1, -0.05) is 310 Å². The first-order valence-electron chi connectivity index (χ1n) is 30.4. The molecular weight excluding hydrogens is 829 g/mol. The van der Waals surface area contributed by atoms with Crippen molar-refractivity contribution < 1.29 is 28.6 Å². The van der Waals surface area contributed by atoms with Gasteiger partial charge < -0.3 is 14.2 Å². The Morgan fingerprint density at radius 1 is 0.284 bits per heavy atom. The Balaban J connectivity index is 4.27. The Morgan fingerprint density at radius 2 is 0.493 bits per heavy atom. The summed E-state index contributed by atoms with van der Waals surface area (Å²) in [7, 11) is 0. The third kappa shape index (κ3) is 55.2. The second kappa shape index (κ2) is 55.3. The number of unbranched alkanes of at least 4 members (excludes halogenated alkanes) is 43. The molecule has 6 heteroatoms. The molecule has 67 heavy (non-hydrogen) atoms. The zero-order chi connectivity index (χ0) is 48.8. The minimum atomic E-state index is -0.762. The van der Waals surface area contributed by atoms with Gasteiger partial charge in [-0.25, -0.2) is 0 Å². The molecule has 0 radical (unpaired) electrons. The standard InChI is InChI=1S/C61H118O6/c1-5-7-9-11-13-15-17-19-20-21-22-25-29-33-37-41-45-49-53-60(63)66-56-58(55-65-59(62)52-48-44-40-36-32-27-18-16-14-12-10-8-6-2)67-61(64)54-50-46-42-38-34-30-26-23-24-28-31-35-39-43-47-51-57(3)4/h57-58H,5-56H2,1-4H3/t58-/m0/s1. The van der Waals surface area contributed by atoms with Crippen LogP contribution in [0.2, 0.25) is 0 Å². The highest BCUT2D eigenvalue weighted by Gasteiger charge is 2.19. The molecule has 0 aromatic carbocycles. The molecule has 0 heterocycles. The summed E-state index contributed by atoms with van der Waals surface area (Å²) < 4.78 is 16.9. The number of carbonyl (C=O) groups is 3. The third-order valence-electron chi connectivity index (χ3n) is 14.0. The predicted molar refractivity (Wildman–Crippen MR) is 289 cm³/mol. The van der Waals surface area contributed by atoms with Gasteiger partial charge in [-0.15, -0.1) is 0 Å². The molecule has 0 spiro atoms. The van der Waals surface area contributed by atoms with Crippen LogP contribution in [0.15, 0.2) is 0 Å². The number of carbonyl (C=O) groups excluding carboxylic acids is 3. The quantitative estimate of drug-likeness (QED) is 0.0343. The Kier molecular flexibility index (Phi) is 54.0. The highest BCUT2D eigenvalue weighted by Crippen LogP contribution is 2.18. The number of rotatable bonds is 56. The third-order valence-corrected chi connectivity index (χ3v) is 14.0. The van der Waals surface area contributed by atoms with Gasteiger partial charge in [-0.05, 0) is 25.2 Å². The summed E-state index contributed by atoms with van der Waals surface area (Å²) in [5.74, 6) is 0.0166. The van der Waals surface area contributed by atoms with Gasteiger partial charge in [0.15, 0.2) is 6.10 Å². The molecule has 0 aliphatic heterocycles. The Hall–Kier alpha value is -1.59. The summed E-state index contributed by atoms with van der Waals surface area (Å²) in [5, 5.41) is 0. The van der Waals surface area contributed by atoms with Crippen LogP contribution in [-0.2, 0) is 28.6 Å². The fourth-order valence-corrected chi connectivity index (χ4v) is 9.46. The van der Waals surface area contributed by atoms with E-state index < -0.39 is 6.10 Å². The average molecular weight is 948 g/mol. The zero-order valence-corrected chi connectivity index (χ0v) is 45.9. The summed E-state index contributed by atoms with van der Waals surface area (Å²) in [6.07, 6.45) is 61.0. The predicted octanol–water partition coefficient (Wildman–Crippen LogP) is 20.2. The molecule has 0 aliphatic carbocycles. The molecule has 398 valence electrons. The minimum absolute atomic E-state index is 0.0614. The van der Waals surface area contributed by atoms with E-state index in [4.69, 9.17) is 14.2 Å². The molecule has 1 atom stereocenters. The van der Waals surface area contributed by atoms with Gasteiger partial charge in [0.2, 0.25) is 0 Å². The molecule has 0 saturated carbocycles. The van der Waals surface area contributed by atoms with Crippen molar-refractivity contribution >= 4 is 17.9 Å². The topological polar surface area (TPSA) is 78.9 Å². The second-order valence-corrected chi connectivity index (χ2v) is 21.5. The monoisotopic (exact) mass is 947 g/mol. The van der Waals surface area contributed by atoms with Crippen LogP contribution >= 0.6 is 0 Å². The van der Waals surface area contributed by atoms with Gasteiger partial charge in [-0.3, -0.25) is 14.4 Å². The van der Waals surface area contributed by atoms with Crippen LogP contribution in [0.1, 0.15) is 349 Å². The summed E-state index contributed by atoms with van der Waals surface area (Å²) in [6, 6.07) is 0. The summed E-state index contributed by atoms with van der Waals surface area (Å²) in [6.45, 7) is 9.08. The summed E-state index contributed by atoms with van der Waals surface area (Å²) >= 11 is 0. The van der Waals surface area contributed by atoms with Crippen LogP contribution in [0.3, 0.4) is 0 Å². The van der Waals surface area contributed by atoms with E-state index in [1.165, 1.54) is 244 Å². The first-order valence-corrected chi connectivity index (χ1v) is 30.4. The van der Waals surface area contributed by atoms with E-state index in [-0.39, 0.29) is 31.1 Å². The van der Waals surface area contributed by atoms with Crippen molar-refractivity contribution in [2.24, 2.45) is 5.92 Å². The van der Waals surface area contributed by atoms with Gasteiger partial charge in [0.25, 0.3) is 0 Å². The summed E-state index contributed by atoms with van der Waals surface area (Å²) in [5.41, 5.74) is 0. The maximum atomic E-state index is 12.9. The van der Waals surface area contributed by atoms with Crippen molar-refractivity contribution in [3.8, 4) is 0 Å². The molecular formula is C61H118O6. The lowest BCUT2D eigenvalue weighted by Crippen LogP contribution is -2.30. The Labute approximate surface area is 418 Å². The fourth-order valence-electron chi connectivity index (χ4n) is 9.46. The lowest BCUT2D eigenvalue weighted by atomic mass is 10.0. The van der Waals surface area contributed by atoms with E-state index in [0.29, 0.717) is 19.3 Å². The average Bonchev–Trinajstić information content (AvgIpc) is 3.31. The molecule has 0 rings (SSSR count). The van der Waals surface area contributed by atoms with Gasteiger partial charge in [-0.2, -0.15) is 0 Å². The first kappa shape index (κ1) is 65.4. The van der Waals surface area contributed by atoms with E-state index in [1.54, 1.807) is 0 Å². The van der Waals surface area contributed by atoms with Crippen LogP contribution in [0, 0.1) is 5.92 Å². The molecule has 0 aliphatic rings. The highest BCUT2D eigenvalue weighted by molar-refractivity contribution is 5.71. The number of ether oxygens (including phenoxy) is 3. The number of esters is 3. The van der Waals surface area contributed by atoms with Crippen LogP contribution in [-0.4, -0.2) is 37.2 Å².